The van der Waals surface area contributed by atoms with E-state index in [1.165, 1.54) is 0 Å². The number of hydrogen-bond acceptors (Lipinski definition) is 2. The van der Waals surface area contributed by atoms with E-state index < -0.39 is 0 Å². The largest absolute Gasteiger partial charge is 0.430 e. The first-order chi connectivity index (χ1) is 6.58. The quantitative estimate of drug-likeness (QED) is 0.675. The van der Waals surface area contributed by atoms with Gasteiger partial charge in [0.15, 0.2) is 5.58 Å². The summed E-state index contributed by atoms with van der Waals surface area (Å²) in [6, 6.07) is 4.04. The highest BCUT2D eigenvalue weighted by molar-refractivity contribution is 9.11. The highest BCUT2D eigenvalue weighted by atomic mass is 79.9. The van der Waals surface area contributed by atoms with Crippen molar-refractivity contribution < 1.29 is 4.42 Å². The highest BCUT2D eigenvalue weighted by Crippen LogP contribution is 2.29. The van der Waals surface area contributed by atoms with Crippen molar-refractivity contribution in [1.29, 1.82) is 0 Å². The van der Waals surface area contributed by atoms with E-state index in [9.17, 15) is 0 Å². The third kappa shape index (κ3) is 1.81. The highest BCUT2D eigenvalue weighted by Gasteiger charge is 2.09. The molecule has 2 aromatic rings. The Bertz CT molecular complexity index is 551. The average Bonchev–Trinajstić information content (AvgIpc) is 2.47. The summed E-state index contributed by atoms with van der Waals surface area (Å²) in [4.78, 5) is 0.902. The molecule has 0 aliphatic rings. The second-order valence-electron chi connectivity index (χ2n) is 3.08. The summed E-state index contributed by atoms with van der Waals surface area (Å²) in [6.07, 6.45) is 0. The van der Waals surface area contributed by atoms with Gasteiger partial charge in [0.1, 0.15) is 14.1 Å². The predicted octanol–water partition coefficient (Wildman–Crippen LogP) is 3.05. The Labute approximate surface area is 102 Å². The summed E-state index contributed by atoms with van der Waals surface area (Å²) in [7, 11) is 3.94. The number of halogens is 2. The Morgan fingerprint density at radius 2 is 2.00 bits per heavy atom. The first-order valence-electron chi connectivity index (χ1n) is 3.97. The van der Waals surface area contributed by atoms with Gasteiger partial charge in [-0.05, 0) is 39.4 Å². The topological polar surface area (TPSA) is 16.1 Å². The molecule has 2 rings (SSSR count). The van der Waals surface area contributed by atoms with Gasteiger partial charge >= 0.3 is 4.87 Å². The molecule has 0 aliphatic carbocycles. The molecule has 1 aromatic heterocycles. The molecule has 0 spiro atoms. The van der Waals surface area contributed by atoms with Crippen molar-refractivity contribution in [3.05, 3.63) is 25.9 Å². The summed E-state index contributed by atoms with van der Waals surface area (Å²) in [5, 5.41) is 0. The zero-order valence-corrected chi connectivity index (χ0v) is 11.7. The molecule has 1 heterocycles. The van der Waals surface area contributed by atoms with Crippen molar-refractivity contribution in [2.75, 3.05) is 14.1 Å². The molecule has 2 nitrogen and oxygen atoms in total. The van der Waals surface area contributed by atoms with E-state index >= 15 is 0 Å². The van der Waals surface area contributed by atoms with Crippen molar-refractivity contribution >= 4 is 53.5 Å². The summed E-state index contributed by atoms with van der Waals surface area (Å²) in [6.45, 7) is 0. The summed E-state index contributed by atoms with van der Waals surface area (Å²) < 4.78 is 10.8. The number of rotatable bonds is 0. The van der Waals surface area contributed by atoms with Gasteiger partial charge in [-0.1, -0.05) is 15.9 Å². The van der Waals surface area contributed by atoms with E-state index in [1.54, 1.807) is 11.3 Å². The Hall–Kier alpha value is -0.130. The van der Waals surface area contributed by atoms with E-state index in [0.29, 0.717) is 0 Å². The van der Waals surface area contributed by atoms with Crippen molar-refractivity contribution in [3.63, 3.8) is 0 Å². The smallest absolute Gasteiger partial charge is 0.394 e. The van der Waals surface area contributed by atoms with Gasteiger partial charge in [-0.2, -0.15) is 4.58 Å². The van der Waals surface area contributed by atoms with Gasteiger partial charge in [-0.15, -0.1) is 0 Å². The lowest BCUT2D eigenvalue weighted by Gasteiger charge is -1.91. The molecule has 14 heavy (non-hydrogen) atoms. The van der Waals surface area contributed by atoms with E-state index in [1.807, 2.05) is 24.7 Å². The van der Waals surface area contributed by atoms with E-state index in [4.69, 9.17) is 4.42 Å². The van der Waals surface area contributed by atoms with E-state index in [2.05, 4.69) is 37.9 Å². The van der Waals surface area contributed by atoms with Crippen LogP contribution in [0.2, 0.25) is 0 Å². The molecule has 0 amide bonds. The Balaban J connectivity index is 2.91. The minimum atomic E-state index is 0.902. The SMILES string of the molecule is C[N+](C)=c1oc2c(Br)cc(Br)cc2s1. The number of hydrogen-bond donors (Lipinski definition) is 0. The summed E-state index contributed by atoms with van der Waals surface area (Å²) >= 11 is 8.56. The fraction of sp³-hybridized carbons (Fsp3) is 0.222. The molecule has 0 atom stereocenters. The van der Waals surface area contributed by atoms with Crippen molar-refractivity contribution in [2.45, 2.75) is 0 Å². The van der Waals surface area contributed by atoms with Gasteiger partial charge in [0.25, 0.3) is 0 Å². The first-order valence-corrected chi connectivity index (χ1v) is 6.37. The molecule has 0 saturated carbocycles. The Morgan fingerprint density at radius 3 is 2.64 bits per heavy atom. The van der Waals surface area contributed by atoms with Crippen LogP contribution in [-0.4, -0.2) is 14.1 Å². The van der Waals surface area contributed by atoms with Crippen LogP contribution in [0.1, 0.15) is 0 Å². The van der Waals surface area contributed by atoms with Crippen molar-refractivity contribution in [1.82, 2.24) is 4.58 Å². The number of nitrogens with zero attached hydrogens (tertiary/aromatic N) is 1. The maximum absolute atomic E-state index is 5.69. The zero-order chi connectivity index (χ0) is 10.3. The van der Waals surface area contributed by atoms with E-state index in [0.717, 1.165) is 24.1 Å². The van der Waals surface area contributed by atoms with Crippen LogP contribution in [0.25, 0.3) is 10.3 Å². The number of benzene rings is 1. The van der Waals surface area contributed by atoms with Crippen LogP contribution in [0.3, 0.4) is 0 Å². The lowest BCUT2D eigenvalue weighted by atomic mass is 10.3. The normalized spacial score (nSPS) is 10.9. The summed E-state index contributed by atoms with van der Waals surface area (Å²) in [5.41, 5.74) is 0.905. The van der Waals surface area contributed by atoms with Gasteiger partial charge in [-0.3, -0.25) is 0 Å². The number of fused-ring (bicyclic) bond motifs is 1. The van der Waals surface area contributed by atoms with Crippen LogP contribution in [0.4, 0.5) is 0 Å². The van der Waals surface area contributed by atoms with Gasteiger partial charge in [0.2, 0.25) is 0 Å². The molecule has 0 unspecified atom stereocenters. The average molecular weight is 338 g/mol. The zero-order valence-electron chi connectivity index (χ0n) is 7.67. The molecule has 0 N–H and O–H groups in total. The monoisotopic (exact) mass is 336 g/mol. The molecule has 5 heteroatoms. The molecule has 0 fully saturated rings. The van der Waals surface area contributed by atoms with Crippen molar-refractivity contribution in [3.8, 4) is 0 Å². The first kappa shape index (κ1) is 10.4. The predicted molar refractivity (Wildman–Crippen MR) is 66.6 cm³/mol. The fourth-order valence-electron chi connectivity index (χ4n) is 1.10. The Morgan fingerprint density at radius 1 is 1.29 bits per heavy atom. The molecule has 74 valence electrons. The maximum Gasteiger partial charge on any atom is 0.430 e. The van der Waals surface area contributed by atoms with Gasteiger partial charge in [0, 0.05) is 4.47 Å². The lowest BCUT2D eigenvalue weighted by molar-refractivity contribution is 0.519. The van der Waals surface area contributed by atoms with Crippen LogP contribution in [0.5, 0.6) is 0 Å². The third-order valence-electron chi connectivity index (χ3n) is 1.73. The van der Waals surface area contributed by atoms with Gasteiger partial charge < -0.3 is 4.42 Å². The molecule has 0 bridgehead atoms. The Kier molecular flexibility index (Phi) is 2.81. The van der Waals surface area contributed by atoms with Crippen LogP contribution in [-0.2, 0) is 0 Å². The van der Waals surface area contributed by atoms with Crippen molar-refractivity contribution in [2.24, 2.45) is 0 Å². The minimum absolute atomic E-state index is 0.902. The van der Waals surface area contributed by atoms with Crippen LogP contribution < -0.4 is 9.44 Å². The molecular formula is C9H8Br2NOS+. The molecular weight excluding hydrogens is 330 g/mol. The standard InChI is InChI=1S/C9H8Br2NOS/c1-12(2)9-13-8-6(11)3-5(10)4-7(8)14-9/h3-4H,1-2H3/q+1. The molecule has 0 radical (unpaired) electrons. The van der Waals surface area contributed by atoms with Gasteiger partial charge in [0.05, 0.1) is 9.17 Å². The van der Waals surface area contributed by atoms with Crippen LogP contribution in [0, 0.1) is 0 Å². The second kappa shape index (κ2) is 3.79. The maximum atomic E-state index is 5.69. The third-order valence-corrected chi connectivity index (χ3v) is 3.92. The van der Waals surface area contributed by atoms with Crippen LogP contribution in [0.15, 0.2) is 25.5 Å². The minimum Gasteiger partial charge on any atom is -0.394 e. The molecule has 0 saturated heterocycles. The van der Waals surface area contributed by atoms with Crippen LogP contribution >= 0.6 is 43.2 Å². The lowest BCUT2D eigenvalue weighted by Crippen LogP contribution is -2.16. The van der Waals surface area contributed by atoms with E-state index in [-0.39, 0.29) is 0 Å². The van der Waals surface area contributed by atoms with Gasteiger partial charge in [-0.25, -0.2) is 0 Å². The molecule has 0 aliphatic heterocycles. The fourth-order valence-corrected chi connectivity index (χ4v) is 3.61. The second-order valence-corrected chi connectivity index (χ2v) is 5.84. The summed E-state index contributed by atoms with van der Waals surface area (Å²) in [5.74, 6) is 0. The molecule has 1 aromatic carbocycles.